The fraction of sp³-hybridized carbons (Fsp3) is 0.333. The third-order valence-corrected chi connectivity index (χ3v) is 4.49. The standard InChI is InChI=1S/C15H17NO2S/c1-16(18-10-11-5-3-2-4-6-11)15-12-7-8-19-14(12)9-13(15)17/h2-8,13,15,17H,9-10H2,1H3. The summed E-state index contributed by atoms with van der Waals surface area (Å²) < 4.78 is 0. The zero-order chi connectivity index (χ0) is 13.2. The van der Waals surface area contributed by atoms with E-state index in [1.165, 1.54) is 10.4 Å². The molecule has 1 aliphatic rings. The number of rotatable bonds is 4. The lowest BCUT2D eigenvalue weighted by atomic mass is 10.1. The molecule has 0 bridgehead atoms. The Balaban J connectivity index is 1.66. The molecule has 2 unspecified atom stereocenters. The molecule has 19 heavy (non-hydrogen) atoms. The zero-order valence-corrected chi connectivity index (χ0v) is 11.6. The van der Waals surface area contributed by atoms with E-state index in [1.807, 2.05) is 37.4 Å². The fourth-order valence-corrected chi connectivity index (χ4v) is 3.53. The molecular weight excluding hydrogens is 258 g/mol. The molecule has 0 aliphatic heterocycles. The predicted octanol–water partition coefficient (Wildman–Crippen LogP) is 2.77. The maximum atomic E-state index is 10.2. The predicted molar refractivity (Wildman–Crippen MR) is 75.8 cm³/mol. The van der Waals surface area contributed by atoms with Crippen molar-refractivity contribution in [2.45, 2.75) is 25.2 Å². The molecule has 0 radical (unpaired) electrons. The number of aliphatic hydroxyl groups excluding tert-OH is 1. The van der Waals surface area contributed by atoms with Gasteiger partial charge in [-0.25, -0.2) is 0 Å². The van der Waals surface area contributed by atoms with Crippen LogP contribution in [0.5, 0.6) is 0 Å². The third-order valence-electron chi connectivity index (χ3n) is 3.53. The largest absolute Gasteiger partial charge is 0.391 e. The van der Waals surface area contributed by atoms with Gasteiger partial charge < -0.3 is 5.11 Å². The molecule has 0 saturated heterocycles. The van der Waals surface area contributed by atoms with Crippen LogP contribution in [0.15, 0.2) is 41.8 Å². The van der Waals surface area contributed by atoms with Gasteiger partial charge in [0.1, 0.15) is 0 Å². The molecule has 4 heteroatoms. The zero-order valence-electron chi connectivity index (χ0n) is 10.8. The Hall–Kier alpha value is -1.20. The van der Waals surface area contributed by atoms with Gasteiger partial charge in [-0.15, -0.1) is 11.3 Å². The quantitative estimate of drug-likeness (QED) is 0.871. The molecule has 2 aromatic rings. The Morgan fingerprint density at radius 2 is 2.11 bits per heavy atom. The van der Waals surface area contributed by atoms with Crippen molar-refractivity contribution in [1.29, 1.82) is 0 Å². The molecule has 0 fully saturated rings. The van der Waals surface area contributed by atoms with Crippen molar-refractivity contribution in [2.75, 3.05) is 7.05 Å². The van der Waals surface area contributed by atoms with Crippen LogP contribution in [-0.2, 0) is 17.9 Å². The van der Waals surface area contributed by atoms with Crippen molar-refractivity contribution in [3.63, 3.8) is 0 Å². The molecular formula is C15H17NO2S. The second-order valence-electron chi connectivity index (χ2n) is 4.82. The van der Waals surface area contributed by atoms with Crippen LogP contribution in [0.1, 0.15) is 22.0 Å². The molecule has 0 saturated carbocycles. The third kappa shape index (κ3) is 2.58. The highest BCUT2D eigenvalue weighted by Gasteiger charge is 2.35. The molecule has 0 amide bonds. The molecule has 1 aliphatic carbocycles. The highest BCUT2D eigenvalue weighted by Crippen LogP contribution is 2.38. The number of likely N-dealkylation sites (N-methyl/N-ethyl adjacent to an activating group) is 1. The normalized spacial score (nSPS) is 21.8. The van der Waals surface area contributed by atoms with Gasteiger partial charge in [0.2, 0.25) is 0 Å². The van der Waals surface area contributed by atoms with Gasteiger partial charge in [-0.05, 0) is 22.6 Å². The van der Waals surface area contributed by atoms with Crippen molar-refractivity contribution in [2.24, 2.45) is 0 Å². The van der Waals surface area contributed by atoms with Gasteiger partial charge in [-0.2, -0.15) is 5.06 Å². The van der Waals surface area contributed by atoms with Crippen molar-refractivity contribution >= 4 is 11.3 Å². The SMILES string of the molecule is CN(OCc1ccccc1)C1c2ccsc2CC1O. The second kappa shape index (κ2) is 5.43. The lowest BCUT2D eigenvalue weighted by Gasteiger charge is -2.26. The maximum Gasteiger partial charge on any atom is 0.0936 e. The minimum Gasteiger partial charge on any atom is -0.391 e. The first-order valence-corrected chi connectivity index (χ1v) is 7.27. The molecule has 1 heterocycles. The van der Waals surface area contributed by atoms with E-state index in [4.69, 9.17) is 4.84 Å². The molecule has 100 valence electrons. The lowest BCUT2D eigenvalue weighted by molar-refractivity contribution is -0.196. The number of hydrogen-bond donors (Lipinski definition) is 1. The molecule has 1 aromatic heterocycles. The van der Waals surface area contributed by atoms with Crippen LogP contribution in [0.3, 0.4) is 0 Å². The van der Waals surface area contributed by atoms with Crippen molar-refractivity contribution in [3.8, 4) is 0 Å². The first-order chi connectivity index (χ1) is 9.25. The Kier molecular flexibility index (Phi) is 3.66. The number of aliphatic hydroxyl groups is 1. The minimum absolute atomic E-state index is 0.0510. The van der Waals surface area contributed by atoms with E-state index in [2.05, 4.69) is 11.4 Å². The van der Waals surface area contributed by atoms with E-state index < -0.39 is 0 Å². The van der Waals surface area contributed by atoms with Gasteiger partial charge >= 0.3 is 0 Å². The monoisotopic (exact) mass is 275 g/mol. The Bertz CT molecular complexity index is 540. The molecule has 1 aromatic carbocycles. The highest BCUT2D eigenvalue weighted by atomic mass is 32.1. The van der Waals surface area contributed by atoms with Gasteiger partial charge in [-0.1, -0.05) is 30.3 Å². The molecule has 1 N–H and O–H groups in total. The summed E-state index contributed by atoms with van der Waals surface area (Å²) in [5, 5.41) is 14.0. The molecule has 0 spiro atoms. The first kappa shape index (κ1) is 12.8. The number of hydrogen-bond acceptors (Lipinski definition) is 4. The number of thiophene rings is 1. The van der Waals surface area contributed by atoms with E-state index in [-0.39, 0.29) is 12.1 Å². The van der Waals surface area contributed by atoms with Crippen LogP contribution >= 0.6 is 11.3 Å². The van der Waals surface area contributed by atoms with Crippen LogP contribution in [0.25, 0.3) is 0 Å². The number of fused-ring (bicyclic) bond motifs is 1. The van der Waals surface area contributed by atoms with Gasteiger partial charge in [0, 0.05) is 18.3 Å². The smallest absolute Gasteiger partial charge is 0.0936 e. The highest BCUT2D eigenvalue weighted by molar-refractivity contribution is 7.10. The van der Waals surface area contributed by atoms with Crippen molar-refractivity contribution in [1.82, 2.24) is 5.06 Å². The fourth-order valence-electron chi connectivity index (χ4n) is 2.56. The van der Waals surface area contributed by atoms with Gasteiger partial charge in [-0.3, -0.25) is 4.84 Å². The minimum atomic E-state index is -0.372. The average Bonchev–Trinajstić information content (AvgIpc) is 2.97. The summed E-state index contributed by atoms with van der Waals surface area (Å²) in [7, 11) is 1.89. The second-order valence-corrected chi connectivity index (χ2v) is 5.82. The topological polar surface area (TPSA) is 32.7 Å². The van der Waals surface area contributed by atoms with Crippen LogP contribution in [-0.4, -0.2) is 23.3 Å². The molecule has 2 atom stereocenters. The van der Waals surface area contributed by atoms with Crippen LogP contribution in [0.4, 0.5) is 0 Å². The van der Waals surface area contributed by atoms with Gasteiger partial charge in [0.15, 0.2) is 0 Å². The van der Waals surface area contributed by atoms with Crippen LogP contribution in [0, 0.1) is 0 Å². The summed E-state index contributed by atoms with van der Waals surface area (Å²) >= 11 is 1.71. The summed E-state index contributed by atoms with van der Waals surface area (Å²) in [6.07, 6.45) is 0.361. The Labute approximate surface area is 117 Å². The van der Waals surface area contributed by atoms with E-state index >= 15 is 0 Å². The average molecular weight is 275 g/mol. The number of benzene rings is 1. The van der Waals surface area contributed by atoms with Gasteiger partial charge in [0.05, 0.1) is 18.8 Å². The van der Waals surface area contributed by atoms with Gasteiger partial charge in [0.25, 0.3) is 0 Å². The van der Waals surface area contributed by atoms with Crippen LogP contribution < -0.4 is 0 Å². The number of nitrogens with zero attached hydrogens (tertiary/aromatic N) is 1. The van der Waals surface area contributed by atoms with E-state index in [9.17, 15) is 5.11 Å². The molecule has 3 rings (SSSR count). The summed E-state index contributed by atoms with van der Waals surface area (Å²) in [6, 6.07) is 12.1. The summed E-state index contributed by atoms with van der Waals surface area (Å²) in [6.45, 7) is 0.528. The van der Waals surface area contributed by atoms with Crippen molar-refractivity contribution in [3.05, 3.63) is 57.8 Å². The van der Waals surface area contributed by atoms with Crippen LogP contribution in [0.2, 0.25) is 0 Å². The summed E-state index contributed by atoms with van der Waals surface area (Å²) in [5.74, 6) is 0. The maximum absolute atomic E-state index is 10.2. The Morgan fingerprint density at radius 3 is 2.89 bits per heavy atom. The Morgan fingerprint density at radius 1 is 1.32 bits per heavy atom. The van der Waals surface area contributed by atoms with E-state index in [0.717, 1.165) is 12.0 Å². The lowest BCUT2D eigenvalue weighted by Crippen LogP contribution is -2.31. The molecule has 3 nitrogen and oxygen atoms in total. The summed E-state index contributed by atoms with van der Waals surface area (Å²) in [5.41, 5.74) is 2.33. The number of hydroxylamine groups is 2. The van der Waals surface area contributed by atoms with Crippen molar-refractivity contribution < 1.29 is 9.94 Å². The summed E-state index contributed by atoms with van der Waals surface area (Å²) in [4.78, 5) is 7.06. The van der Waals surface area contributed by atoms with E-state index in [0.29, 0.717) is 6.61 Å². The first-order valence-electron chi connectivity index (χ1n) is 6.39. The van der Waals surface area contributed by atoms with E-state index in [1.54, 1.807) is 16.4 Å².